The molecular formula is C19H21N3O6. The van der Waals surface area contributed by atoms with Crippen LogP contribution in [0.2, 0.25) is 0 Å². The van der Waals surface area contributed by atoms with Crippen molar-refractivity contribution >= 4 is 29.1 Å². The molecule has 0 fully saturated rings. The average molecular weight is 387 g/mol. The number of methoxy groups -OCH3 is 1. The van der Waals surface area contributed by atoms with Crippen LogP contribution in [0.25, 0.3) is 0 Å². The minimum atomic E-state index is -0.744. The maximum Gasteiger partial charge on any atom is 0.433 e. The molecule has 2 rings (SSSR count). The Morgan fingerprint density at radius 1 is 1.04 bits per heavy atom. The molecule has 0 spiro atoms. The second-order valence-electron chi connectivity index (χ2n) is 6.77. The summed E-state index contributed by atoms with van der Waals surface area (Å²) in [5, 5.41) is 12.0. The molecule has 0 bridgehead atoms. The standard InChI is InChI=1S/C19H21N3O6/c1-19(2,3)28-18(24)21(15-9-11-16(12-10-15)22(25)26)20-14-7-5-13(6-8-14)17(23)27-4/h5-12,20H,1-4H3. The molecule has 148 valence electrons. The summed E-state index contributed by atoms with van der Waals surface area (Å²) in [5.74, 6) is -0.481. The van der Waals surface area contributed by atoms with Crippen molar-refractivity contribution in [2.24, 2.45) is 0 Å². The number of hydrogen-bond donors (Lipinski definition) is 1. The largest absolute Gasteiger partial charge is 0.465 e. The van der Waals surface area contributed by atoms with Gasteiger partial charge in [0.1, 0.15) is 5.60 Å². The number of ether oxygens (including phenoxy) is 2. The van der Waals surface area contributed by atoms with E-state index in [-0.39, 0.29) is 5.69 Å². The number of hydrazine groups is 1. The van der Waals surface area contributed by atoms with Gasteiger partial charge in [0.25, 0.3) is 5.69 Å². The molecule has 0 radical (unpaired) electrons. The summed E-state index contributed by atoms with van der Waals surface area (Å²) in [6, 6.07) is 11.7. The highest BCUT2D eigenvalue weighted by atomic mass is 16.6. The molecule has 0 saturated carbocycles. The van der Waals surface area contributed by atoms with Crippen LogP contribution in [-0.4, -0.2) is 29.7 Å². The molecule has 2 aromatic carbocycles. The van der Waals surface area contributed by atoms with E-state index in [9.17, 15) is 19.7 Å². The Balaban J connectivity index is 2.31. The van der Waals surface area contributed by atoms with Crippen LogP contribution in [0.3, 0.4) is 0 Å². The lowest BCUT2D eigenvalue weighted by Crippen LogP contribution is -2.40. The van der Waals surface area contributed by atoms with Gasteiger partial charge in [0.05, 0.1) is 29.0 Å². The molecule has 1 N–H and O–H groups in total. The molecule has 0 saturated heterocycles. The van der Waals surface area contributed by atoms with E-state index in [1.807, 2.05) is 0 Å². The Morgan fingerprint density at radius 2 is 1.61 bits per heavy atom. The third kappa shape index (κ3) is 5.44. The Hall–Kier alpha value is -3.62. The predicted octanol–water partition coefficient (Wildman–Crippen LogP) is 4.15. The highest BCUT2D eigenvalue weighted by Crippen LogP contribution is 2.23. The number of esters is 1. The van der Waals surface area contributed by atoms with E-state index >= 15 is 0 Å². The van der Waals surface area contributed by atoms with Gasteiger partial charge in [0, 0.05) is 12.1 Å². The van der Waals surface area contributed by atoms with E-state index in [4.69, 9.17) is 4.74 Å². The molecule has 9 heteroatoms. The van der Waals surface area contributed by atoms with Crippen molar-refractivity contribution in [3.8, 4) is 0 Å². The average Bonchev–Trinajstić information content (AvgIpc) is 2.64. The van der Waals surface area contributed by atoms with E-state index < -0.39 is 22.6 Å². The van der Waals surface area contributed by atoms with E-state index in [1.54, 1.807) is 32.9 Å². The number of benzene rings is 2. The molecule has 0 aliphatic carbocycles. The van der Waals surface area contributed by atoms with Gasteiger partial charge in [-0.05, 0) is 57.2 Å². The first-order chi connectivity index (χ1) is 13.1. The number of nitro benzene ring substituents is 1. The molecule has 9 nitrogen and oxygen atoms in total. The maximum atomic E-state index is 12.6. The molecule has 0 aliphatic heterocycles. The molecule has 0 aromatic heterocycles. The van der Waals surface area contributed by atoms with Gasteiger partial charge in [0.15, 0.2) is 0 Å². The highest BCUT2D eigenvalue weighted by molar-refractivity contribution is 5.91. The number of nitrogens with one attached hydrogen (secondary N) is 1. The number of rotatable bonds is 5. The van der Waals surface area contributed by atoms with Gasteiger partial charge in [-0.1, -0.05) is 0 Å². The number of hydrogen-bond acceptors (Lipinski definition) is 7. The summed E-state index contributed by atoms with van der Waals surface area (Å²) in [4.78, 5) is 34.5. The fourth-order valence-electron chi connectivity index (χ4n) is 2.17. The normalized spacial score (nSPS) is 10.7. The van der Waals surface area contributed by atoms with E-state index in [0.717, 1.165) is 5.01 Å². The van der Waals surface area contributed by atoms with Crippen LogP contribution < -0.4 is 10.4 Å². The third-order valence-corrected chi connectivity index (χ3v) is 3.44. The van der Waals surface area contributed by atoms with E-state index in [1.165, 1.54) is 43.5 Å². The van der Waals surface area contributed by atoms with Gasteiger partial charge < -0.3 is 9.47 Å². The Labute approximate surface area is 162 Å². The lowest BCUT2D eigenvalue weighted by Gasteiger charge is -2.28. The van der Waals surface area contributed by atoms with E-state index in [2.05, 4.69) is 10.2 Å². The number of amides is 1. The monoisotopic (exact) mass is 387 g/mol. The Kier molecular flexibility index (Phi) is 6.19. The summed E-state index contributed by atoms with van der Waals surface area (Å²) in [6.07, 6.45) is -0.696. The first-order valence-electron chi connectivity index (χ1n) is 8.33. The molecule has 0 heterocycles. The molecule has 0 aliphatic rings. The van der Waals surface area contributed by atoms with Crippen molar-refractivity contribution in [2.75, 3.05) is 17.5 Å². The fourth-order valence-corrected chi connectivity index (χ4v) is 2.17. The van der Waals surface area contributed by atoms with Gasteiger partial charge in [0.2, 0.25) is 0 Å². The molecule has 28 heavy (non-hydrogen) atoms. The number of carbonyl (C=O) groups is 2. The fraction of sp³-hybridized carbons (Fsp3) is 0.263. The summed E-state index contributed by atoms with van der Waals surface area (Å²) >= 11 is 0. The zero-order chi connectivity index (χ0) is 20.9. The number of nitrogens with zero attached hydrogens (tertiary/aromatic N) is 2. The first kappa shape index (κ1) is 20.7. The molecule has 0 atom stereocenters. The molecular weight excluding hydrogens is 366 g/mol. The Bertz CT molecular complexity index is 857. The van der Waals surface area contributed by atoms with Crippen LogP contribution in [0, 0.1) is 10.1 Å². The van der Waals surface area contributed by atoms with Crippen molar-refractivity contribution in [2.45, 2.75) is 26.4 Å². The molecule has 1 amide bonds. The second kappa shape index (κ2) is 8.38. The van der Waals surface area contributed by atoms with Gasteiger partial charge in [-0.15, -0.1) is 0 Å². The SMILES string of the molecule is COC(=O)c1ccc(NN(C(=O)OC(C)(C)C)c2ccc([N+](=O)[O-])cc2)cc1. The number of carbonyl (C=O) groups excluding carboxylic acids is 2. The zero-order valence-corrected chi connectivity index (χ0v) is 16.0. The smallest absolute Gasteiger partial charge is 0.433 e. The first-order valence-corrected chi connectivity index (χ1v) is 8.33. The van der Waals surface area contributed by atoms with Gasteiger partial charge >= 0.3 is 12.1 Å². The number of nitro groups is 1. The Morgan fingerprint density at radius 3 is 2.07 bits per heavy atom. The van der Waals surface area contributed by atoms with Crippen LogP contribution in [-0.2, 0) is 9.47 Å². The minimum absolute atomic E-state index is 0.102. The van der Waals surface area contributed by atoms with Crippen molar-refractivity contribution in [1.82, 2.24) is 0 Å². The van der Waals surface area contributed by atoms with Crippen molar-refractivity contribution < 1.29 is 24.0 Å². The summed E-state index contributed by atoms with van der Waals surface area (Å²) < 4.78 is 10.1. The predicted molar refractivity (Wildman–Crippen MR) is 103 cm³/mol. The van der Waals surface area contributed by atoms with Gasteiger partial charge in [-0.3, -0.25) is 15.5 Å². The van der Waals surface area contributed by atoms with Crippen molar-refractivity contribution in [3.63, 3.8) is 0 Å². The van der Waals surface area contributed by atoms with Crippen LogP contribution in [0.5, 0.6) is 0 Å². The van der Waals surface area contributed by atoms with Crippen LogP contribution in [0.15, 0.2) is 48.5 Å². The third-order valence-electron chi connectivity index (χ3n) is 3.44. The van der Waals surface area contributed by atoms with Crippen LogP contribution >= 0.6 is 0 Å². The lowest BCUT2D eigenvalue weighted by atomic mass is 10.2. The molecule has 0 unspecified atom stereocenters. The van der Waals surface area contributed by atoms with Crippen molar-refractivity contribution in [3.05, 3.63) is 64.2 Å². The molecule has 2 aromatic rings. The highest BCUT2D eigenvalue weighted by Gasteiger charge is 2.24. The quantitative estimate of drug-likeness (QED) is 0.466. The van der Waals surface area contributed by atoms with Crippen LogP contribution in [0.1, 0.15) is 31.1 Å². The summed E-state index contributed by atoms with van der Waals surface area (Å²) in [5.41, 5.74) is 3.24. The number of anilines is 2. The second-order valence-corrected chi connectivity index (χ2v) is 6.77. The summed E-state index contributed by atoms with van der Waals surface area (Å²) in [6.45, 7) is 5.18. The minimum Gasteiger partial charge on any atom is -0.465 e. The van der Waals surface area contributed by atoms with Crippen LogP contribution in [0.4, 0.5) is 21.9 Å². The lowest BCUT2D eigenvalue weighted by molar-refractivity contribution is -0.384. The van der Waals surface area contributed by atoms with Gasteiger partial charge in [-0.25, -0.2) is 9.59 Å². The summed E-state index contributed by atoms with van der Waals surface area (Å²) in [7, 11) is 1.29. The maximum absolute atomic E-state index is 12.6. The topological polar surface area (TPSA) is 111 Å². The van der Waals surface area contributed by atoms with E-state index in [0.29, 0.717) is 16.9 Å². The zero-order valence-electron chi connectivity index (χ0n) is 16.0. The number of non-ortho nitro benzene ring substituents is 1. The van der Waals surface area contributed by atoms with Gasteiger partial charge in [-0.2, -0.15) is 5.01 Å². The van der Waals surface area contributed by atoms with Crippen molar-refractivity contribution in [1.29, 1.82) is 0 Å².